The Morgan fingerprint density at radius 1 is 0.579 bits per heavy atom. The number of rotatable bonds is 6. The Morgan fingerprint density at radius 2 is 0.921 bits per heavy atom. The van der Waals surface area contributed by atoms with E-state index in [-0.39, 0.29) is 11.8 Å². The lowest BCUT2D eigenvalue weighted by Crippen LogP contribution is -2.31. The third kappa shape index (κ3) is 6.41. The Bertz CT molecular complexity index is 1050. The number of fused-ring (bicyclic) bond motifs is 2. The number of hydrazone groups is 2. The molecule has 8 heteroatoms. The maximum absolute atomic E-state index is 6.15. The zero-order valence-electron chi connectivity index (χ0n) is 22.1. The first kappa shape index (κ1) is 25.9. The van der Waals surface area contributed by atoms with Crippen molar-refractivity contribution in [3.05, 3.63) is 70.8 Å². The number of benzene rings is 2. The van der Waals surface area contributed by atoms with Gasteiger partial charge in [-0.25, -0.2) is 20.8 Å². The quantitative estimate of drug-likeness (QED) is 0.254. The monoisotopic (exact) mass is 512 g/mol. The van der Waals surface area contributed by atoms with Crippen LogP contribution in [0.4, 0.5) is 0 Å². The van der Waals surface area contributed by atoms with Gasteiger partial charge in [0.2, 0.25) is 11.9 Å². The molecule has 3 aliphatic carbocycles. The van der Waals surface area contributed by atoms with Crippen molar-refractivity contribution in [3.63, 3.8) is 0 Å². The SMILES string of the molecule is NC(=NC1CCCCC1)NN=CC1c2ccccc2C(C=NNC(N)=NC2CCCCC2)c2ccccc21. The number of nitrogens with one attached hydrogen (secondary N) is 2. The fourth-order valence-corrected chi connectivity index (χ4v) is 6.04. The molecule has 6 N–H and O–H groups in total. The molecule has 0 aliphatic heterocycles. The highest BCUT2D eigenvalue weighted by Gasteiger charge is 2.30. The van der Waals surface area contributed by atoms with Crippen LogP contribution in [0.3, 0.4) is 0 Å². The maximum Gasteiger partial charge on any atom is 0.209 e. The molecule has 0 heterocycles. The Morgan fingerprint density at radius 3 is 1.26 bits per heavy atom. The number of nitrogens with two attached hydrogens (primary N) is 2. The first-order valence-electron chi connectivity index (χ1n) is 14.1. The number of hydrogen-bond acceptors (Lipinski definition) is 4. The highest BCUT2D eigenvalue weighted by molar-refractivity contribution is 5.86. The molecule has 0 amide bonds. The molecule has 38 heavy (non-hydrogen) atoms. The molecule has 0 aromatic heterocycles. The standard InChI is InChI=1S/C30H40N8/c31-29(35-21-11-3-1-4-12-21)37-33-19-27-23-15-7-9-17-25(23)28(26-18-10-8-16-24(26)27)20-34-38-30(32)36-22-13-5-2-6-14-22/h7-10,15-22,27-28H,1-6,11-14H2,(H3,31,35,37)(H3,32,36,38). The Labute approximate surface area is 225 Å². The number of nitrogens with zero attached hydrogens (tertiary/aromatic N) is 4. The van der Waals surface area contributed by atoms with Crippen molar-refractivity contribution in [2.75, 3.05) is 0 Å². The second-order valence-corrected chi connectivity index (χ2v) is 10.6. The molecular weight excluding hydrogens is 472 g/mol. The molecule has 200 valence electrons. The second-order valence-electron chi connectivity index (χ2n) is 10.6. The molecule has 0 unspecified atom stereocenters. The lowest BCUT2D eigenvalue weighted by molar-refractivity contribution is 0.442. The van der Waals surface area contributed by atoms with Gasteiger partial charge in [-0.1, -0.05) is 87.1 Å². The Kier molecular flexibility index (Phi) is 8.68. The van der Waals surface area contributed by atoms with Crippen molar-refractivity contribution in [2.24, 2.45) is 31.7 Å². The minimum absolute atomic E-state index is 0.00655. The van der Waals surface area contributed by atoms with E-state index in [0.29, 0.717) is 24.0 Å². The fraction of sp³-hybridized carbons (Fsp3) is 0.467. The minimum atomic E-state index is -0.00655. The first-order valence-corrected chi connectivity index (χ1v) is 14.1. The van der Waals surface area contributed by atoms with E-state index in [1.54, 1.807) is 0 Å². The summed E-state index contributed by atoms with van der Waals surface area (Å²) in [5.74, 6) is 0.754. The van der Waals surface area contributed by atoms with Crippen LogP contribution in [0, 0.1) is 0 Å². The Balaban J connectivity index is 1.33. The van der Waals surface area contributed by atoms with Gasteiger partial charge in [0.1, 0.15) is 0 Å². The predicted molar refractivity (Wildman–Crippen MR) is 157 cm³/mol. The Hall–Kier alpha value is -3.68. The summed E-state index contributed by atoms with van der Waals surface area (Å²) >= 11 is 0. The summed E-state index contributed by atoms with van der Waals surface area (Å²) < 4.78 is 0. The zero-order valence-corrected chi connectivity index (χ0v) is 22.1. The van der Waals surface area contributed by atoms with E-state index in [4.69, 9.17) is 11.5 Å². The van der Waals surface area contributed by atoms with Crippen LogP contribution >= 0.6 is 0 Å². The lowest BCUT2D eigenvalue weighted by Gasteiger charge is -2.30. The summed E-state index contributed by atoms with van der Waals surface area (Å²) in [5.41, 5.74) is 23.0. The van der Waals surface area contributed by atoms with E-state index in [2.05, 4.69) is 79.6 Å². The first-order chi connectivity index (χ1) is 18.7. The van der Waals surface area contributed by atoms with Crippen molar-refractivity contribution >= 4 is 24.3 Å². The molecule has 0 spiro atoms. The van der Waals surface area contributed by atoms with Crippen LogP contribution in [0.25, 0.3) is 0 Å². The average Bonchev–Trinajstić information content (AvgIpc) is 2.95. The predicted octanol–water partition coefficient (Wildman–Crippen LogP) is 4.71. The summed E-state index contributed by atoms with van der Waals surface area (Å²) in [5, 5.41) is 9.03. The van der Waals surface area contributed by atoms with Crippen molar-refractivity contribution in [1.82, 2.24) is 10.9 Å². The van der Waals surface area contributed by atoms with Crippen LogP contribution in [0.1, 0.15) is 98.3 Å². The molecule has 2 aromatic rings. The van der Waals surface area contributed by atoms with Gasteiger partial charge in [-0.3, -0.25) is 0 Å². The molecule has 0 radical (unpaired) electrons. The molecule has 3 aliphatic rings. The van der Waals surface area contributed by atoms with Gasteiger partial charge in [-0.2, -0.15) is 10.2 Å². The van der Waals surface area contributed by atoms with Crippen molar-refractivity contribution in [2.45, 2.75) is 88.1 Å². The van der Waals surface area contributed by atoms with Gasteiger partial charge in [0, 0.05) is 24.3 Å². The van der Waals surface area contributed by atoms with E-state index in [0.717, 1.165) is 25.7 Å². The summed E-state index contributed by atoms with van der Waals surface area (Å²) in [6, 6.07) is 17.5. The van der Waals surface area contributed by atoms with E-state index >= 15 is 0 Å². The lowest BCUT2D eigenvalue weighted by atomic mass is 9.73. The van der Waals surface area contributed by atoms with Crippen LogP contribution in [-0.2, 0) is 0 Å². The molecule has 0 atom stereocenters. The van der Waals surface area contributed by atoms with E-state index in [9.17, 15) is 0 Å². The summed E-state index contributed by atoms with van der Waals surface area (Å²) in [7, 11) is 0. The fourth-order valence-electron chi connectivity index (χ4n) is 6.04. The minimum Gasteiger partial charge on any atom is -0.369 e. The van der Waals surface area contributed by atoms with Gasteiger partial charge in [0.15, 0.2) is 0 Å². The summed E-state index contributed by atoms with van der Waals surface area (Å²) in [6.45, 7) is 0. The van der Waals surface area contributed by atoms with Gasteiger partial charge < -0.3 is 11.5 Å². The van der Waals surface area contributed by atoms with E-state index < -0.39 is 0 Å². The summed E-state index contributed by atoms with van der Waals surface area (Å²) in [6.07, 6.45) is 15.7. The number of hydrogen-bond donors (Lipinski definition) is 4. The van der Waals surface area contributed by atoms with Crippen LogP contribution in [0.5, 0.6) is 0 Å². The van der Waals surface area contributed by atoms with Crippen LogP contribution in [-0.4, -0.2) is 36.4 Å². The van der Waals surface area contributed by atoms with Gasteiger partial charge in [-0.05, 0) is 47.9 Å². The van der Waals surface area contributed by atoms with Gasteiger partial charge in [-0.15, -0.1) is 0 Å². The third-order valence-corrected chi connectivity index (χ3v) is 7.93. The van der Waals surface area contributed by atoms with E-state index in [1.807, 2.05) is 12.4 Å². The highest BCUT2D eigenvalue weighted by atomic mass is 15.4. The maximum atomic E-state index is 6.15. The highest BCUT2D eigenvalue weighted by Crippen LogP contribution is 2.41. The van der Waals surface area contributed by atoms with Gasteiger partial charge in [0.05, 0.1) is 12.1 Å². The zero-order chi connectivity index (χ0) is 26.2. The molecule has 0 saturated heterocycles. The average molecular weight is 513 g/mol. The van der Waals surface area contributed by atoms with Crippen molar-refractivity contribution in [1.29, 1.82) is 0 Å². The van der Waals surface area contributed by atoms with Crippen LogP contribution in [0.2, 0.25) is 0 Å². The van der Waals surface area contributed by atoms with Crippen LogP contribution in [0.15, 0.2) is 68.7 Å². The number of guanidine groups is 2. The molecule has 8 nitrogen and oxygen atoms in total. The molecule has 2 aromatic carbocycles. The number of aliphatic imine (C=N–C) groups is 2. The van der Waals surface area contributed by atoms with Crippen molar-refractivity contribution in [3.8, 4) is 0 Å². The van der Waals surface area contributed by atoms with Crippen LogP contribution < -0.4 is 22.3 Å². The molecule has 2 saturated carbocycles. The molecular formula is C30H40N8. The van der Waals surface area contributed by atoms with E-state index in [1.165, 1.54) is 60.8 Å². The largest absolute Gasteiger partial charge is 0.369 e. The summed E-state index contributed by atoms with van der Waals surface area (Å²) in [4.78, 5) is 9.26. The third-order valence-electron chi connectivity index (χ3n) is 7.93. The molecule has 5 rings (SSSR count). The van der Waals surface area contributed by atoms with Gasteiger partial charge >= 0.3 is 0 Å². The molecule has 0 bridgehead atoms. The smallest absolute Gasteiger partial charge is 0.209 e. The second kappa shape index (κ2) is 12.7. The van der Waals surface area contributed by atoms with Crippen molar-refractivity contribution < 1.29 is 0 Å². The molecule has 2 fully saturated rings. The normalized spacial score (nSPS) is 23.4. The van der Waals surface area contributed by atoms with Gasteiger partial charge in [0.25, 0.3) is 0 Å². The topological polar surface area (TPSA) is 126 Å².